The molecular weight excluding hydrogens is 216 g/mol. The highest BCUT2D eigenvalue weighted by atomic mass is 35.5. The zero-order valence-electron chi connectivity index (χ0n) is 8.45. The second-order valence-corrected chi connectivity index (χ2v) is 3.87. The van der Waals surface area contributed by atoms with Crippen molar-refractivity contribution in [1.29, 1.82) is 0 Å². The average molecular weight is 227 g/mol. The second-order valence-electron chi connectivity index (χ2n) is 3.47. The molecule has 0 spiro atoms. The van der Waals surface area contributed by atoms with Crippen LogP contribution >= 0.6 is 11.6 Å². The van der Waals surface area contributed by atoms with Gasteiger partial charge in [-0.2, -0.15) is 0 Å². The zero-order chi connectivity index (χ0) is 11.6. The summed E-state index contributed by atoms with van der Waals surface area (Å²) in [6.45, 7) is 2.61. The monoisotopic (exact) mass is 226 g/mol. The SMILES string of the molecule is CC(=O)C(C)(C(=O)O)c1ccccc1Cl. The van der Waals surface area contributed by atoms with E-state index in [1.165, 1.54) is 13.8 Å². The molecule has 1 N–H and O–H groups in total. The van der Waals surface area contributed by atoms with Crippen molar-refractivity contribution >= 4 is 23.4 Å². The fourth-order valence-electron chi connectivity index (χ4n) is 1.32. The normalized spacial score (nSPS) is 14.3. The smallest absolute Gasteiger partial charge is 0.321 e. The van der Waals surface area contributed by atoms with E-state index in [4.69, 9.17) is 16.7 Å². The number of hydrogen-bond acceptors (Lipinski definition) is 2. The van der Waals surface area contributed by atoms with Gasteiger partial charge in [0.25, 0.3) is 0 Å². The summed E-state index contributed by atoms with van der Waals surface area (Å²) in [5.74, 6) is -1.63. The molecule has 0 saturated carbocycles. The molecule has 0 bridgehead atoms. The van der Waals surface area contributed by atoms with Gasteiger partial charge in [0.2, 0.25) is 0 Å². The van der Waals surface area contributed by atoms with Gasteiger partial charge >= 0.3 is 5.97 Å². The van der Waals surface area contributed by atoms with E-state index in [0.717, 1.165) is 0 Å². The summed E-state index contributed by atoms with van der Waals surface area (Å²) in [6.07, 6.45) is 0. The predicted molar refractivity (Wildman–Crippen MR) is 57.1 cm³/mol. The van der Waals surface area contributed by atoms with Gasteiger partial charge in [0, 0.05) is 5.02 Å². The minimum atomic E-state index is -1.57. The number of halogens is 1. The Balaban J connectivity index is 3.41. The van der Waals surface area contributed by atoms with Crippen LogP contribution in [-0.2, 0) is 15.0 Å². The van der Waals surface area contributed by atoms with E-state index in [1.54, 1.807) is 24.3 Å². The van der Waals surface area contributed by atoms with Gasteiger partial charge in [-0.05, 0) is 25.5 Å². The molecule has 1 aromatic carbocycles. The Morgan fingerprint density at radius 3 is 2.27 bits per heavy atom. The van der Waals surface area contributed by atoms with Crippen molar-refractivity contribution in [1.82, 2.24) is 0 Å². The molecule has 15 heavy (non-hydrogen) atoms. The number of hydrogen-bond donors (Lipinski definition) is 1. The molecule has 1 unspecified atom stereocenters. The van der Waals surface area contributed by atoms with E-state index >= 15 is 0 Å². The van der Waals surface area contributed by atoms with Crippen molar-refractivity contribution in [2.75, 3.05) is 0 Å². The van der Waals surface area contributed by atoms with E-state index < -0.39 is 17.2 Å². The molecule has 0 aliphatic heterocycles. The van der Waals surface area contributed by atoms with E-state index in [1.807, 2.05) is 0 Å². The van der Waals surface area contributed by atoms with E-state index in [0.29, 0.717) is 5.56 Å². The minimum absolute atomic E-state index is 0.289. The molecule has 0 fully saturated rings. The first kappa shape index (κ1) is 11.7. The lowest BCUT2D eigenvalue weighted by molar-refractivity contribution is -0.147. The van der Waals surface area contributed by atoms with Gasteiger partial charge in [-0.3, -0.25) is 9.59 Å². The van der Waals surface area contributed by atoms with Crippen LogP contribution in [0.2, 0.25) is 5.02 Å². The van der Waals surface area contributed by atoms with Crippen molar-refractivity contribution in [3.05, 3.63) is 34.9 Å². The highest BCUT2D eigenvalue weighted by molar-refractivity contribution is 6.32. The summed E-state index contributed by atoms with van der Waals surface area (Å²) in [7, 11) is 0. The first-order chi connectivity index (χ1) is 6.90. The number of rotatable bonds is 3. The Hall–Kier alpha value is -1.35. The molecule has 1 rings (SSSR count). The fourth-order valence-corrected chi connectivity index (χ4v) is 1.65. The number of aliphatic carboxylic acids is 1. The third kappa shape index (κ3) is 1.88. The van der Waals surface area contributed by atoms with E-state index in [2.05, 4.69) is 0 Å². The Morgan fingerprint density at radius 2 is 1.87 bits per heavy atom. The number of carboxylic acids is 1. The molecule has 1 aromatic rings. The van der Waals surface area contributed by atoms with Crippen molar-refractivity contribution in [3.63, 3.8) is 0 Å². The topological polar surface area (TPSA) is 54.4 Å². The maximum Gasteiger partial charge on any atom is 0.321 e. The van der Waals surface area contributed by atoms with Gasteiger partial charge in [0.1, 0.15) is 5.41 Å². The molecule has 0 aliphatic carbocycles. The highest BCUT2D eigenvalue weighted by Crippen LogP contribution is 2.31. The van der Waals surface area contributed by atoms with Gasteiger partial charge in [-0.25, -0.2) is 0 Å². The molecule has 0 heterocycles. The summed E-state index contributed by atoms with van der Waals surface area (Å²) in [4.78, 5) is 22.6. The summed E-state index contributed by atoms with van der Waals surface area (Å²) in [6, 6.07) is 6.47. The van der Waals surface area contributed by atoms with Crippen LogP contribution in [0.1, 0.15) is 19.4 Å². The van der Waals surface area contributed by atoms with Crippen LogP contribution < -0.4 is 0 Å². The summed E-state index contributed by atoms with van der Waals surface area (Å²) in [5, 5.41) is 9.39. The number of carbonyl (C=O) groups excluding carboxylic acids is 1. The van der Waals surface area contributed by atoms with Gasteiger partial charge in [0.05, 0.1) is 0 Å². The first-order valence-electron chi connectivity index (χ1n) is 4.40. The zero-order valence-corrected chi connectivity index (χ0v) is 9.21. The van der Waals surface area contributed by atoms with Gasteiger partial charge in [0.15, 0.2) is 5.78 Å². The molecule has 0 aromatic heterocycles. The number of carboxylic acid groups (broad SMARTS) is 1. The predicted octanol–water partition coefficient (Wildman–Crippen LogP) is 2.27. The van der Waals surface area contributed by atoms with Crippen molar-refractivity contribution < 1.29 is 14.7 Å². The largest absolute Gasteiger partial charge is 0.480 e. The molecule has 0 radical (unpaired) electrons. The van der Waals surface area contributed by atoms with Crippen LogP contribution in [0, 0.1) is 0 Å². The molecular formula is C11H11ClO3. The molecule has 4 heteroatoms. The molecule has 80 valence electrons. The minimum Gasteiger partial charge on any atom is -0.480 e. The second kappa shape index (κ2) is 4.03. The molecule has 0 amide bonds. The third-order valence-electron chi connectivity index (χ3n) is 2.54. The quantitative estimate of drug-likeness (QED) is 0.805. The highest BCUT2D eigenvalue weighted by Gasteiger charge is 2.41. The lowest BCUT2D eigenvalue weighted by Gasteiger charge is -2.22. The standard InChI is InChI=1S/C11H11ClO3/c1-7(13)11(2,10(14)15)8-5-3-4-6-9(8)12/h3-6H,1-2H3,(H,14,15). The number of benzene rings is 1. The molecule has 0 saturated heterocycles. The molecule has 3 nitrogen and oxygen atoms in total. The van der Waals surface area contributed by atoms with Crippen LogP contribution in [0.5, 0.6) is 0 Å². The number of carbonyl (C=O) groups is 2. The van der Waals surface area contributed by atoms with Gasteiger partial charge in [-0.1, -0.05) is 29.8 Å². The van der Waals surface area contributed by atoms with Crippen molar-refractivity contribution in [2.45, 2.75) is 19.3 Å². The number of ketones is 1. The van der Waals surface area contributed by atoms with Crippen LogP contribution in [0.3, 0.4) is 0 Å². The van der Waals surface area contributed by atoms with Crippen LogP contribution in [0.15, 0.2) is 24.3 Å². The third-order valence-corrected chi connectivity index (χ3v) is 2.87. The van der Waals surface area contributed by atoms with Crippen LogP contribution in [0.4, 0.5) is 0 Å². The summed E-state index contributed by atoms with van der Waals surface area (Å²) < 4.78 is 0. The Kier molecular flexibility index (Phi) is 3.15. The first-order valence-corrected chi connectivity index (χ1v) is 4.78. The van der Waals surface area contributed by atoms with E-state index in [-0.39, 0.29) is 5.02 Å². The van der Waals surface area contributed by atoms with Gasteiger partial charge in [-0.15, -0.1) is 0 Å². The molecule has 1 atom stereocenters. The lowest BCUT2D eigenvalue weighted by Crippen LogP contribution is -2.39. The van der Waals surface area contributed by atoms with Crippen LogP contribution in [0.25, 0.3) is 0 Å². The summed E-state index contributed by atoms with van der Waals surface area (Å²) in [5.41, 5.74) is -1.25. The maximum atomic E-state index is 11.4. The fraction of sp³-hybridized carbons (Fsp3) is 0.273. The number of Topliss-reactive ketones (excluding diaryl/α,β-unsaturated/α-hetero) is 1. The molecule has 0 aliphatic rings. The van der Waals surface area contributed by atoms with Crippen molar-refractivity contribution in [3.8, 4) is 0 Å². The Morgan fingerprint density at radius 1 is 1.33 bits per heavy atom. The van der Waals surface area contributed by atoms with Crippen LogP contribution in [-0.4, -0.2) is 16.9 Å². The summed E-state index contributed by atoms with van der Waals surface area (Å²) >= 11 is 5.88. The van der Waals surface area contributed by atoms with Gasteiger partial charge < -0.3 is 5.11 Å². The average Bonchev–Trinajstić information content (AvgIpc) is 2.16. The Labute approximate surface area is 92.7 Å². The van der Waals surface area contributed by atoms with E-state index in [9.17, 15) is 9.59 Å². The lowest BCUT2D eigenvalue weighted by atomic mass is 9.79. The van der Waals surface area contributed by atoms with Crippen molar-refractivity contribution in [2.24, 2.45) is 0 Å². The maximum absolute atomic E-state index is 11.4. The Bertz CT molecular complexity index is 398.